The second kappa shape index (κ2) is 7.54. The molecule has 0 saturated carbocycles. The molecule has 1 N–H and O–H groups in total. The Bertz CT molecular complexity index is 853. The van der Waals surface area contributed by atoms with Crippen molar-refractivity contribution in [1.29, 1.82) is 0 Å². The Morgan fingerprint density at radius 2 is 1.58 bits per heavy atom. The third-order valence-electron chi connectivity index (χ3n) is 4.99. The van der Waals surface area contributed by atoms with Crippen LogP contribution in [0.4, 0.5) is 5.69 Å². The number of hydrogen-bond acceptors (Lipinski definition) is 3. The molecule has 0 aliphatic rings. The van der Waals surface area contributed by atoms with Gasteiger partial charge in [-0.1, -0.05) is 56.7 Å². The van der Waals surface area contributed by atoms with E-state index < -0.39 is 18.3 Å². The Hall–Kier alpha value is -1.63. The molecule has 0 saturated heterocycles. The highest BCUT2D eigenvalue weighted by atomic mass is 32.2. The van der Waals surface area contributed by atoms with Crippen molar-refractivity contribution in [2.75, 3.05) is 4.72 Å². The van der Waals surface area contributed by atoms with E-state index in [1.54, 1.807) is 30.3 Å². The molecule has 2 aromatic carbocycles. The summed E-state index contributed by atoms with van der Waals surface area (Å²) in [5.74, 6) is 0. The summed E-state index contributed by atoms with van der Waals surface area (Å²) in [5, 5.41) is 0.101. The number of hydrogen-bond donors (Lipinski definition) is 1. The van der Waals surface area contributed by atoms with Crippen molar-refractivity contribution < 1.29 is 12.8 Å². The summed E-state index contributed by atoms with van der Waals surface area (Å²) in [7, 11) is -5.55. The van der Waals surface area contributed by atoms with Crippen molar-refractivity contribution >= 4 is 24.0 Å². The molecule has 0 spiro atoms. The Morgan fingerprint density at radius 3 is 2.15 bits per heavy atom. The molecule has 0 heterocycles. The van der Waals surface area contributed by atoms with Gasteiger partial charge in [0.25, 0.3) is 10.0 Å². The van der Waals surface area contributed by atoms with Crippen LogP contribution < -0.4 is 4.72 Å². The minimum Gasteiger partial charge on any atom is -0.412 e. The smallest absolute Gasteiger partial charge is 0.261 e. The third kappa shape index (κ3) is 4.96. The van der Waals surface area contributed by atoms with Gasteiger partial charge in [0.2, 0.25) is 0 Å². The maximum atomic E-state index is 12.7. The first kappa shape index (κ1) is 20.7. The predicted molar refractivity (Wildman–Crippen MR) is 110 cm³/mol. The van der Waals surface area contributed by atoms with Crippen molar-refractivity contribution in [3.63, 3.8) is 0 Å². The molecule has 2 aromatic rings. The van der Waals surface area contributed by atoms with E-state index in [0.29, 0.717) is 12.3 Å². The largest absolute Gasteiger partial charge is 0.412 e. The summed E-state index contributed by atoms with van der Waals surface area (Å²) in [6, 6.07) is 14.2. The SMILES string of the molecule is Cc1ccc(S(=O)(=O)Nc2ccccc2CO[Si](C)(C)C(C)(C)C)cc1. The molecule has 0 bridgehead atoms. The van der Waals surface area contributed by atoms with Crippen molar-refractivity contribution in [2.45, 2.75) is 57.3 Å². The molecular weight excluding hydrogens is 362 g/mol. The molecule has 0 fully saturated rings. The molecule has 4 nitrogen and oxygen atoms in total. The van der Waals surface area contributed by atoms with E-state index in [0.717, 1.165) is 11.1 Å². The van der Waals surface area contributed by atoms with Crippen LogP contribution in [0.5, 0.6) is 0 Å². The number of anilines is 1. The molecule has 0 aliphatic carbocycles. The zero-order chi connectivity index (χ0) is 19.6. The van der Waals surface area contributed by atoms with Gasteiger partial charge >= 0.3 is 0 Å². The fourth-order valence-corrected chi connectivity index (χ4v) is 4.19. The highest BCUT2D eigenvalue weighted by molar-refractivity contribution is 7.92. The minimum absolute atomic E-state index is 0.101. The lowest BCUT2D eigenvalue weighted by Gasteiger charge is -2.36. The lowest BCUT2D eigenvalue weighted by molar-refractivity contribution is 0.277. The molecule has 2 rings (SSSR count). The van der Waals surface area contributed by atoms with Gasteiger partial charge in [-0.2, -0.15) is 0 Å². The monoisotopic (exact) mass is 391 g/mol. The van der Waals surface area contributed by atoms with E-state index >= 15 is 0 Å². The van der Waals surface area contributed by atoms with E-state index in [2.05, 4.69) is 38.6 Å². The van der Waals surface area contributed by atoms with Gasteiger partial charge in [-0.25, -0.2) is 8.42 Å². The molecule has 0 unspecified atom stereocenters. The quantitative estimate of drug-likeness (QED) is 0.678. The van der Waals surface area contributed by atoms with Crippen LogP contribution in [0.3, 0.4) is 0 Å². The van der Waals surface area contributed by atoms with Gasteiger partial charge < -0.3 is 4.43 Å². The van der Waals surface area contributed by atoms with E-state index in [9.17, 15) is 8.42 Å². The summed E-state index contributed by atoms with van der Waals surface area (Å²) in [5.41, 5.74) is 2.42. The normalized spacial score (nSPS) is 12.8. The fraction of sp³-hybridized carbons (Fsp3) is 0.400. The van der Waals surface area contributed by atoms with Crippen LogP contribution in [0.25, 0.3) is 0 Å². The molecule has 6 heteroatoms. The zero-order valence-electron chi connectivity index (χ0n) is 16.5. The molecule has 0 radical (unpaired) electrons. The first-order valence-electron chi connectivity index (χ1n) is 8.74. The molecule has 142 valence electrons. The van der Waals surface area contributed by atoms with E-state index in [4.69, 9.17) is 4.43 Å². The molecule has 26 heavy (non-hydrogen) atoms. The number of rotatable bonds is 6. The average Bonchev–Trinajstić information content (AvgIpc) is 2.53. The van der Waals surface area contributed by atoms with E-state index in [1.165, 1.54) is 0 Å². The van der Waals surface area contributed by atoms with Crippen LogP contribution in [0.2, 0.25) is 18.1 Å². The number of para-hydroxylation sites is 1. The number of benzene rings is 2. The Balaban J connectivity index is 2.23. The van der Waals surface area contributed by atoms with Gasteiger partial charge in [0, 0.05) is 5.56 Å². The minimum atomic E-state index is -3.63. The summed E-state index contributed by atoms with van der Waals surface area (Å²) < 4.78 is 34.3. The van der Waals surface area contributed by atoms with Crippen LogP contribution in [0.15, 0.2) is 53.4 Å². The first-order valence-corrected chi connectivity index (χ1v) is 13.1. The maximum absolute atomic E-state index is 12.7. The Morgan fingerprint density at radius 1 is 1.00 bits per heavy atom. The van der Waals surface area contributed by atoms with Crippen molar-refractivity contribution in [3.8, 4) is 0 Å². The van der Waals surface area contributed by atoms with E-state index in [1.807, 2.05) is 25.1 Å². The van der Waals surface area contributed by atoms with Gasteiger partial charge in [-0.15, -0.1) is 0 Å². The molecule has 0 aliphatic heterocycles. The molecule has 0 atom stereocenters. The predicted octanol–water partition coefficient (Wildman–Crippen LogP) is 5.32. The summed E-state index contributed by atoms with van der Waals surface area (Å²) in [6.07, 6.45) is 0. The topological polar surface area (TPSA) is 55.4 Å². The van der Waals surface area contributed by atoms with Gasteiger partial charge in [-0.3, -0.25) is 4.72 Å². The lowest BCUT2D eigenvalue weighted by Crippen LogP contribution is -2.40. The van der Waals surface area contributed by atoms with Crippen LogP contribution in [0, 0.1) is 6.92 Å². The van der Waals surface area contributed by atoms with Crippen LogP contribution in [-0.4, -0.2) is 16.7 Å². The fourth-order valence-electron chi connectivity index (χ4n) is 2.14. The molecule has 0 aromatic heterocycles. The molecule has 0 amide bonds. The van der Waals surface area contributed by atoms with Gasteiger partial charge in [0.15, 0.2) is 8.32 Å². The Labute approximate surface area is 158 Å². The van der Waals surface area contributed by atoms with Gasteiger partial charge in [0.1, 0.15) is 0 Å². The van der Waals surface area contributed by atoms with Gasteiger partial charge in [0.05, 0.1) is 17.2 Å². The number of sulfonamides is 1. The molecular formula is C20H29NO3SSi. The summed E-state index contributed by atoms with van der Waals surface area (Å²) >= 11 is 0. The summed E-state index contributed by atoms with van der Waals surface area (Å²) in [4.78, 5) is 0.253. The second-order valence-electron chi connectivity index (χ2n) is 8.12. The maximum Gasteiger partial charge on any atom is 0.261 e. The van der Waals surface area contributed by atoms with Crippen molar-refractivity contribution in [1.82, 2.24) is 0 Å². The van der Waals surface area contributed by atoms with Crippen molar-refractivity contribution in [2.24, 2.45) is 0 Å². The lowest BCUT2D eigenvalue weighted by atomic mass is 10.2. The van der Waals surface area contributed by atoms with Crippen LogP contribution in [-0.2, 0) is 21.1 Å². The number of nitrogens with one attached hydrogen (secondary N) is 1. The van der Waals surface area contributed by atoms with E-state index in [-0.39, 0.29) is 9.93 Å². The third-order valence-corrected chi connectivity index (χ3v) is 10.8. The summed E-state index contributed by atoms with van der Waals surface area (Å²) in [6.45, 7) is 13.3. The standard InChI is InChI=1S/C20H29NO3SSi/c1-16-11-13-18(14-12-16)25(22,23)21-19-10-8-7-9-17(19)15-24-26(5,6)20(2,3)4/h7-14,21H,15H2,1-6H3. The van der Waals surface area contributed by atoms with Crippen LogP contribution >= 0.6 is 0 Å². The average molecular weight is 392 g/mol. The number of aryl methyl sites for hydroxylation is 1. The second-order valence-corrected chi connectivity index (χ2v) is 14.6. The highest BCUT2D eigenvalue weighted by Crippen LogP contribution is 2.37. The Kier molecular flexibility index (Phi) is 6.00. The van der Waals surface area contributed by atoms with Crippen molar-refractivity contribution in [3.05, 3.63) is 59.7 Å². The zero-order valence-corrected chi connectivity index (χ0v) is 18.3. The first-order chi connectivity index (χ1) is 11.9. The van der Waals surface area contributed by atoms with Crippen LogP contribution in [0.1, 0.15) is 31.9 Å². The van der Waals surface area contributed by atoms with Gasteiger partial charge in [-0.05, 0) is 43.3 Å². The highest BCUT2D eigenvalue weighted by Gasteiger charge is 2.37.